The standard InChI is InChI=1S/C18H19FN2O2.ClH/c19-14-7-8-15-16(2-1-9-23-17(15)10-14)21-18(22)13-5-3-12(11-20)4-6-13;/h3-8,10,16H,1-2,9,11,20H2,(H,21,22);1H. The van der Waals surface area contributed by atoms with Crippen molar-refractivity contribution in [2.24, 2.45) is 5.73 Å². The quantitative estimate of drug-likeness (QED) is 0.892. The molecule has 0 aromatic heterocycles. The molecule has 2 aromatic carbocycles. The number of carbonyl (C=O) groups excluding carboxylic acids is 1. The van der Waals surface area contributed by atoms with Gasteiger partial charge in [-0.1, -0.05) is 18.2 Å². The van der Waals surface area contributed by atoms with Crippen LogP contribution in [-0.2, 0) is 6.54 Å². The van der Waals surface area contributed by atoms with Crippen LogP contribution in [0.1, 0.15) is 40.4 Å². The Labute approximate surface area is 146 Å². The SMILES string of the molecule is Cl.NCc1ccc(C(=O)NC2CCCOc3cc(F)ccc32)cc1. The first-order valence-corrected chi connectivity index (χ1v) is 7.69. The zero-order valence-corrected chi connectivity index (χ0v) is 13.9. The number of benzene rings is 2. The minimum atomic E-state index is -0.340. The fraction of sp³-hybridized carbons (Fsp3) is 0.278. The zero-order chi connectivity index (χ0) is 16.2. The third-order valence-electron chi connectivity index (χ3n) is 4.00. The highest BCUT2D eigenvalue weighted by molar-refractivity contribution is 5.94. The van der Waals surface area contributed by atoms with Gasteiger partial charge in [-0.25, -0.2) is 4.39 Å². The first-order valence-electron chi connectivity index (χ1n) is 7.69. The van der Waals surface area contributed by atoms with Crippen molar-refractivity contribution in [3.63, 3.8) is 0 Å². The Kier molecular flexibility index (Phi) is 6.17. The Morgan fingerprint density at radius 2 is 2.00 bits per heavy atom. The van der Waals surface area contributed by atoms with E-state index in [-0.39, 0.29) is 30.2 Å². The monoisotopic (exact) mass is 350 g/mol. The van der Waals surface area contributed by atoms with E-state index in [2.05, 4.69) is 5.32 Å². The average molecular weight is 351 g/mol. The van der Waals surface area contributed by atoms with Gasteiger partial charge in [-0.2, -0.15) is 0 Å². The molecule has 128 valence electrons. The molecule has 3 rings (SSSR count). The van der Waals surface area contributed by atoms with Gasteiger partial charge in [0.25, 0.3) is 5.91 Å². The molecule has 1 aliphatic heterocycles. The molecule has 6 heteroatoms. The molecule has 0 fully saturated rings. The van der Waals surface area contributed by atoms with Gasteiger partial charge >= 0.3 is 0 Å². The third kappa shape index (κ3) is 4.04. The Hall–Kier alpha value is -2.11. The smallest absolute Gasteiger partial charge is 0.251 e. The summed E-state index contributed by atoms with van der Waals surface area (Å²) >= 11 is 0. The molecule has 3 N–H and O–H groups in total. The number of rotatable bonds is 3. The molecule has 4 nitrogen and oxygen atoms in total. The van der Waals surface area contributed by atoms with Crippen molar-refractivity contribution in [3.05, 3.63) is 65.0 Å². The van der Waals surface area contributed by atoms with Gasteiger partial charge in [0, 0.05) is 23.7 Å². The number of ether oxygens (including phenoxy) is 1. The first-order chi connectivity index (χ1) is 11.2. The maximum absolute atomic E-state index is 13.4. The van der Waals surface area contributed by atoms with E-state index in [1.807, 2.05) is 12.1 Å². The minimum Gasteiger partial charge on any atom is -0.493 e. The van der Waals surface area contributed by atoms with Crippen molar-refractivity contribution in [2.75, 3.05) is 6.61 Å². The number of nitrogens with one attached hydrogen (secondary N) is 1. The van der Waals surface area contributed by atoms with Crippen LogP contribution in [-0.4, -0.2) is 12.5 Å². The Balaban J connectivity index is 0.00000208. The molecule has 0 spiro atoms. The Morgan fingerprint density at radius 3 is 2.71 bits per heavy atom. The molecular weight excluding hydrogens is 331 g/mol. The predicted molar refractivity (Wildman–Crippen MR) is 92.9 cm³/mol. The van der Waals surface area contributed by atoms with Crippen molar-refractivity contribution >= 4 is 18.3 Å². The van der Waals surface area contributed by atoms with Crippen molar-refractivity contribution in [3.8, 4) is 5.75 Å². The van der Waals surface area contributed by atoms with Crippen LogP contribution < -0.4 is 15.8 Å². The van der Waals surface area contributed by atoms with E-state index in [1.54, 1.807) is 18.2 Å². The number of hydrogen-bond acceptors (Lipinski definition) is 3. The van der Waals surface area contributed by atoms with E-state index in [0.29, 0.717) is 24.5 Å². The first kappa shape index (κ1) is 18.2. The van der Waals surface area contributed by atoms with E-state index in [0.717, 1.165) is 24.0 Å². The maximum atomic E-state index is 13.4. The molecule has 0 bridgehead atoms. The highest BCUT2D eigenvalue weighted by Gasteiger charge is 2.22. The summed E-state index contributed by atoms with van der Waals surface area (Å²) in [6.07, 6.45) is 1.55. The molecule has 1 heterocycles. The molecule has 1 unspecified atom stereocenters. The molecule has 0 aliphatic carbocycles. The van der Waals surface area contributed by atoms with E-state index in [4.69, 9.17) is 10.5 Å². The highest BCUT2D eigenvalue weighted by atomic mass is 35.5. The summed E-state index contributed by atoms with van der Waals surface area (Å²) in [6, 6.07) is 11.5. The summed E-state index contributed by atoms with van der Waals surface area (Å²) in [4.78, 5) is 12.4. The van der Waals surface area contributed by atoms with E-state index < -0.39 is 0 Å². The lowest BCUT2D eigenvalue weighted by Crippen LogP contribution is -2.28. The normalized spacial score (nSPS) is 16.2. The molecular formula is C18H20ClFN2O2. The topological polar surface area (TPSA) is 64.4 Å². The van der Waals surface area contributed by atoms with Crippen LogP contribution in [0.2, 0.25) is 0 Å². The molecule has 0 saturated carbocycles. The summed E-state index contributed by atoms with van der Waals surface area (Å²) in [5, 5.41) is 3.02. The Morgan fingerprint density at radius 1 is 1.25 bits per heavy atom. The van der Waals surface area contributed by atoms with Crippen molar-refractivity contribution in [1.82, 2.24) is 5.32 Å². The maximum Gasteiger partial charge on any atom is 0.251 e. The van der Waals surface area contributed by atoms with E-state index >= 15 is 0 Å². The largest absolute Gasteiger partial charge is 0.493 e. The van der Waals surface area contributed by atoms with Gasteiger partial charge in [-0.3, -0.25) is 4.79 Å². The molecule has 24 heavy (non-hydrogen) atoms. The van der Waals surface area contributed by atoms with Crippen molar-refractivity contribution < 1.29 is 13.9 Å². The molecule has 1 aliphatic rings. The summed E-state index contributed by atoms with van der Waals surface area (Å²) in [7, 11) is 0. The molecule has 0 radical (unpaired) electrons. The number of halogens is 2. The fourth-order valence-corrected chi connectivity index (χ4v) is 2.73. The molecule has 2 aromatic rings. The predicted octanol–water partition coefficient (Wildman–Crippen LogP) is 3.35. The van der Waals surface area contributed by atoms with Gasteiger partial charge in [0.2, 0.25) is 0 Å². The second kappa shape index (κ2) is 8.13. The summed E-state index contributed by atoms with van der Waals surface area (Å²) < 4.78 is 18.9. The lowest BCUT2D eigenvalue weighted by molar-refractivity contribution is 0.0934. The van der Waals surface area contributed by atoms with Crippen LogP contribution in [0.3, 0.4) is 0 Å². The molecule has 1 atom stereocenters. The fourth-order valence-electron chi connectivity index (χ4n) is 2.73. The van der Waals surface area contributed by atoms with Gasteiger partial charge < -0.3 is 15.8 Å². The Bertz CT molecular complexity index is 707. The van der Waals surface area contributed by atoms with Gasteiger partial charge in [-0.15, -0.1) is 12.4 Å². The highest BCUT2D eigenvalue weighted by Crippen LogP contribution is 2.32. The lowest BCUT2D eigenvalue weighted by atomic mass is 10.0. The van der Waals surface area contributed by atoms with Crippen LogP contribution in [0.4, 0.5) is 4.39 Å². The second-order valence-corrected chi connectivity index (χ2v) is 5.60. The van der Waals surface area contributed by atoms with Crippen LogP contribution in [0, 0.1) is 5.82 Å². The van der Waals surface area contributed by atoms with Gasteiger partial charge in [-0.05, 0) is 36.6 Å². The van der Waals surface area contributed by atoms with Crippen LogP contribution in [0.15, 0.2) is 42.5 Å². The van der Waals surface area contributed by atoms with Crippen LogP contribution in [0.25, 0.3) is 0 Å². The van der Waals surface area contributed by atoms with E-state index in [9.17, 15) is 9.18 Å². The third-order valence-corrected chi connectivity index (χ3v) is 4.00. The van der Waals surface area contributed by atoms with Crippen molar-refractivity contribution in [1.29, 1.82) is 0 Å². The number of hydrogen-bond donors (Lipinski definition) is 2. The number of fused-ring (bicyclic) bond motifs is 1. The number of nitrogens with two attached hydrogens (primary N) is 1. The average Bonchev–Trinajstić information content (AvgIpc) is 2.76. The number of carbonyl (C=O) groups is 1. The van der Waals surface area contributed by atoms with Gasteiger partial charge in [0.15, 0.2) is 0 Å². The lowest BCUT2D eigenvalue weighted by Gasteiger charge is -2.18. The molecule has 1 amide bonds. The van der Waals surface area contributed by atoms with Gasteiger partial charge in [0.1, 0.15) is 11.6 Å². The van der Waals surface area contributed by atoms with E-state index in [1.165, 1.54) is 12.1 Å². The summed E-state index contributed by atoms with van der Waals surface area (Å²) in [5.41, 5.74) is 7.94. The molecule has 0 saturated heterocycles. The zero-order valence-electron chi connectivity index (χ0n) is 13.1. The minimum absolute atomic E-state index is 0. The van der Waals surface area contributed by atoms with Crippen molar-refractivity contribution in [2.45, 2.75) is 25.4 Å². The van der Waals surface area contributed by atoms with Gasteiger partial charge in [0.05, 0.1) is 12.6 Å². The number of amides is 1. The second-order valence-electron chi connectivity index (χ2n) is 5.60. The summed E-state index contributed by atoms with van der Waals surface area (Å²) in [6.45, 7) is 0.967. The summed E-state index contributed by atoms with van der Waals surface area (Å²) in [5.74, 6) is 0.00938. The van der Waals surface area contributed by atoms with Crippen LogP contribution >= 0.6 is 12.4 Å². The van der Waals surface area contributed by atoms with Crippen LogP contribution in [0.5, 0.6) is 5.75 Å².